The Morgan fingerprint density at radius 2 is 0.753 bits per heavy atom. The van der Waals surface area contributed by atoms with E-state index in [-0.39, 0.29) is 42.2 Å². The van der Waals surface area contributed by atoms with Gasteiger partial charge in [0, 0.05) is 34.1 Å². The number of esters is 3. The molecule has 4 N–H and O–H groups in total. The molecule has 0 aliphatic heterocycles. The summed E-state index contributed by atoms with van der Waals surface area (Å²) in [4.78, 5) is 114. The number of nitrogens with one attached hydrogen (secondary N) is 4. The van der Waals surface area contributed by atoms with E-state index in [0.717, 1.165) is 25.7 Å². The number of Topliss-reactive ketones (excluding diaryl/α,β-unsaturated/α-hetero) is 2. The number of amides is 2. The van der Waals surface area contributed by atoms with Crippen molar-refractivity contribution in [2.45, 2.75) is 170 Å². The number of hydrogen-bond donors (Lipinski definition) is 4. The summed E-state index contributed by atoms with van der Waals surface area (Å²) in [5, 5.41) is 11.4. The van der Waals surface area contributed by atoms with E-state index in [0.29, 0.717) is 50.6 Å². The summed E-state index contributed by atoms with van der Waals surface area (Å²) in [6.45, 7) is 8.61. The molecule has 2 aromatic carbocycles. The van der Waals surface area contributed by atoms with Crippen LogP contribution in [0, 0.1) is 21.4 Å². The fourth-order valence-corrected chi connectivity index (χ4v) is 15.6. The predicted octanol–water partition coefficient (Wildman–Crippen LogP) is 13.4. The Bertz CT molecular complexity index is 2260. The second-order valence-electron chi connectivity index (χ2n) is 17.7. The van der Waals surface area contributed by atoms with Crippen molar-refractivity contribution in [2.75, 3.05) is 47.6 Å². The first-order valence-corrected chi connectivity index (χ1v) is 31.6. The number of halogens is 6. The van der Waals surface area contributed by atoms with Crippen molar-refractivity contribution in [1.82, 2.24) is 0 Å². The Kier molecular flexibility index (Phi) is 35.3. The molecule has 2 rings (SSSR count). The lowest BCUT2D eigenvalue weighted by Gasteiger charge is -2.22. The number of anilines is 4. The highest BCUT2D eigenvalue weighted by Gasteiger charge is 2.31. The summed E-state index contributed by atoms with van der Waals surface area (Å²) in [5.41, 5.74) is 1.42. The minimum Gasteiger partial charge on any atom is -0.455 e. The fraction of sp³-hybridized carbons (Fsp3) is 0.588. The van der Waals surface area contributed by atoms with Gasteiger partial charge in [0.15, 0.2) is 6.10 Å². The average molecular weight is 1750 g/mol. The van der Waals surface area contributed by atoms with Crippen molar-refractivity contribution in [3.63, 3.8) is 0 Å². The highest BCUT2D eigenvalue weighted by molar-refractivity contribution is 14.1. The van der Waals surface area contributed by atoms with Crippen LogP contribution < -0.4 is 21.3 Å². The van der Waals surface area contributed by atoms with Crippen LogP contribution in [0.5, 0.6) is 0 Å². The Hall–Kier alpha value is -2.35. The van der Waals surface area contributed by atoms with Crippen LogP contribution in [-0.2, 0) is 57.1 Å². The Morgan fingerprint density at radius 3 is 1.08 bits per heavy atom. The number of rotatable bonds is 35. The first-order valence-electron chi connectivity index (χ1n) is 25.1. The summed E-state index contributed by atoms with van der Waals surface area (Å²) in [6, 6.07) is 0. The number of benzene rings is 2. The van der Waals surface area contributed by atoms with E-state index in [9.17, 15) is 43.2 Å². The van der Waals surface area contributed by atoms with E-state index in [2.05, 4.69) is 28.2 Å². The third-order valence-corrected chi connectivity index (χ3v) is 17.3. The second-order valence-corrected chi connectivity index (χ2v) is 24.2. The van der Waals surface area contributed by atoms with Gasteiger partial charge in [-0.2, -0.15) is 0 Å². The number of hydrogen-bond acceptors (Lipinski definition) is 18. The molecule has 2 atom stereocenters. The second kappa shape index (κ2) is 38.4. The first kappa shape index (κ1) is 70.8. The molecule has 0 aliphatic carbocycles. The molecule has 2 amide bonds. The molecule has 0 aliphatic rings. The van der Waals surface area contributed by atoms with Crippen molar-refractivity contribution in [1.29, 1.82) is 0 Å². The summed E-state index contributed by atoms with van der Waals surface area (Å²) in [6.07, 6.45) is 10.1. The van der Waals surface area contributed by atoms with Gasteiger partial charge in [-0.15, -0.1) is 0 Å². The van der Waals surface area contributed by atoms with Gasteiger partial charge in [0.25, 0.3) is 0 Å². The fourth-order valence-electron chi connectivity index (χ4n) is 7.12. The molecule has 430 valence electrons. The minimum atomic E-state index is -1.54. The minimum absolute atomic E-state index is 0.0162. The Labute approximate surface area is 532 Å². The Morgan fingerprint density at radius 1 is 0.429 bits per heavy atom. The van der Waals surface area contributed by atoms with Crippen molar-refractivity contribution >= 4 is 212 Å². The molecule has 0 aromatic heterocycles. The molecule has 0 fully saturated rings. The van der Waals surface area contributed by atoms with E-state index < -0.39 is 73.9 Å². The van der Waals surface area contributed by atoms with Crippen LogP contribution in [0.4, 0.5) is 32.3 Å². The smallest absolute Gasteiger partial charge is 0.455 e. The van der Waals surface area contributed by atoms with Crippen LogP contribution in [0.2, 0.25) is 0 Å². The van der Waals surface area contributed by atoms with Crippen LogP contribution in [0.1, 0.15) is 172 Å². The van der Waals surface area contributed by atoms with Crippen LogP contribution in [0.15, 0.2) is 0 Å². The van der Waals surface area contributed by atoms with Crippen molar-refractivity contribution in [3.8, 4) is 0 Å². The van der Waals surface area contributed by atoms with Gasteiger partial charge in [0.2, 0.25) is 24.4 Å². The monoisotopic (exact) mass is 1750 g/mol. The highest BCUT2D eigenvalue weighted by Crippen LogP contribution is 2.41. The summed E-state index contributed by atoms with van der Waals surface area (Å²) in [5.74, 6) is -3.72. The zero-order valence-corrected chi connectivity index (χ0v) is 57.1. The standard InChI is InChI=1S/C51H68I6N4O16/c1-8-9-10-11-12-13-14-15-16-17-18-19-20-21-22-23-35(66)77-34(26-71-50(69)75-32(6)73-48(67)36-38(52)44(58-24-28(2)62)42(56)46(40(36)54)60-30(4)64)27-72-51(70)76-33(7)74-49(68)37-39(53)45(59-25-29(3)63)43(57)47(41(37)55)61-31(5)65/h32-34,58-59H,8-27H2,1-7H3,(H,60,64)(H,61,65). The molecule has 0 spiro atoms. The van der Waals surface area contributed by atoms with E-state index in [4.69, 9.17) is 33.2 Å². The molecule has 26 heteroatoms. The predicted molar refractivity (Wildman–Crippen MR) is 340 cm³/mol. The van der Waals surface area contributed by atoms with Gasteiger partial charge in [-0.1, -0.05) is 96.8 Å². The van der Waals surface area contributed by atoms with Crippen LogP contribution in [-0.4, -0.2) is 98.6 Å². The molecule has 0 saturated heterocycles. The van der Waals surface area contributed by atoms with Gasteiger partial charge in [-0.05, 0) is 156 Å². The molecule has 0 bridgehead atoms. The topological polar surface area (TPSA) is 266 Å². The van der Waals surface area contributed by atoms with Gasteiger partial charge >= 0.3 is 30.2 Å². The van der Waals surface area contributed by atoms with Crippen molar-refractivity contribution in [2.24, 2.45) is 0 Å². The zero-order chi connectivity index (χ0) is 57.8. The summed E-state index contributed by atoms with van der Waals surface area (Å²) < 4.78 is 39.8. The molecular formula is C51H68I6N4O16. The third kappa shape index (κ3) is 26.9. The van der Waals surface area contributed by atoms with Crippen molar-refractivity contribution < 1.29 is 76.3 Å². The van der Waals surface area contributed by atoms with Gasteiger partial charge in [-0.25, -0.2) is 19.2 Å². The maximum atomic E-state index is 13.6. The van der Waals surface area contributed by atoms with E-state index in [1.807, 2.05) is 136 Å². The largest absolute Gasteiger partial charge is 0.511 e. The highest BCUT2D eigenvalue weighted by atomic mass is 127. The molecule has 2 aromatic rings. The van der Waals surface area contributed by atoms with Gasteiger partial charge in [-0.3, -0.25) is 24.0 Å². The SMILES string of the molecule is CCCCCCCCCCCCCCCCCC(=O)OC(COC(=O)OC(C)OC(=O)c1c(I)c(NCC(C)=O)c(I)c(NC(C)=O)c1I)COC(=O)OC(C)OC(=O)c1c(I)c(NCC(C)=O)c(I)c(NC(C)=O)c1I. The van der Waals surface area contributed by atoms with Gasteiger partial charge in [0.1, 0.15) is 24.8 Å². The maximum absolute atomic E-state index is 13.6. The average Bonchev–Trinajstić information content (AvgIpc) is 3.33. The first-order chi connectivity index (χ1) is 36.4. The Balaban J connectivity index is 2.14. The molecule has 2 unspecified atom stereocenters. The lowest BCUT2D eigenvalue weighted by molar-refractivity contribution is -0.156. The van der Waals surface area contributed by atoms with Crippen molar-refractivity contribution in [3.05, 3.63) is 32.5 Å². The van der Waals surface area contributed by atoms with Gasteiger partial charge in [0.05, 0.1) is 68.4 Å². The lowest BCUT2D eigenvalue weighted by atomic mass is 10.0. The van der Waals surface area contributed by atoms with Gasteiger partial charge < -0.3 is 54.4 Å². The molecule has 20 nitrogen and oxygen atoms in total. The number of carbonyl (C=O) groups excluding carboxylic acids is 9. The normalized spacial score (nSPS) is 12.0. The van der Waals surface area contributed by atoms with E-state index in [1.54, 1.807) is 0 Å². The lowest BCUT2D eigenvalue weighted by Crippen LogP contribution is -2.33. The number of unbranched alkanes of at least 4 members (excludes halogenated alkanes) is 14. The molecule has 0 heterocycles. The number of carbonyl (C=O) groups is 9. The zero-order valence-electron chi connectivity index (χ0n) is 44.2. The number of ether oxygens (including phenoxy) is 7. The molecule has 0 saturated carbocycles. The summed E-state index contributed by atoms with van der Waals surface area (Å²) >= 11 is 11.6. The molecular weight excluding hydrogens is 1690 g/mol. The third-order valence-electron chi connectivity index (χ3n) is 10.8. The maximum Gasteiger partial charge on any atom is 0.511 e. The molecule has 77 heavy (non-hydrogen) atoms. The number of ketones is 2. The quantitative estimate of drug-likeness (QED) is 0.0164. The van der Waals surface area contributed by atoms with E-state index in [1.165, 1.54) is 106 Å². The van der Waals surface area contributed by atoms with E-state index >= 15 is 0 Å². The van der Waals surface area contributed by atoms with Crippen LogP contribution in [0.25, 0.3) is 0 Å². The summed E-state index contributed by atoms with van der Waals surface area (Å²) in [7, 11) is 0. The molecule has 0 radical (unpaired) electrons. The van der Waals surface area contributed by atoms with Crippen LogP contribution in [0.3, 0.4) is 0 Å². The van der Waals surface area contributed by atoms with Crippen LogP contribution >= 0.6 is 136 Å².